The zero-order valence-corrected chi connectivity index (χ0v) is 14.0. The van der Waals surface area contributed by atoms with Crippen molar-refractivity contribution in [1.82, 2.24) is 15.2 Å². The van der Waals surface area contributed by atoms with Crippen molar-refractivity contribution in [3.63, 3.8) is 0 Å². The molecule has 4 N–H and O–H groups in total. The van der Waals surface area contributed by atoms with Crippen molar-refractivity contribution >= 4 is 49.8 Å². The number of amides is 1. The van der Waals surface area contributed by atoms with E-state index in [1.807, 2.05) is 18.2 Å². The third-order valence-corrected chi connectivity index (χ3v) is 4.67. The Morgan fingerprint density at radius 2 is 2.18 bits per heavy atom. The van der Waals surface area contributed by atoms with Gasteiger partial charge in [0.25, 0.3) is 0 Å². The molecule has 0 saturated carbocycles. The van der Waals surface area contributed by atoms with Crippen LogP contribution in [0.3, 0.4) is 0 Å². The first-order valence-corrected chi connectivity index (χ1v) is 8.34. The molecule has 2 heterocycles. The number of hydrogen-bond donors (Lipinski definition) is 3. The lowest BCUT2D eigenvalue weighted by Gasteiger charge is -2.02. The van der Waals surface area contributed by atoms with Gasteiger partial charge in [0.2, 0.25) is 5.91 Å². The quantitative estimate of drug-likeness (QED) is 0.634. The topological polar surface area (TPSA) is 96.7 Å². The first kappa shape index (κ1) is 15.1. The fourth-order valence-corrected chi connectivity index (χ4v) is 3.19. The zero-order valence-electron chi connectivity index (χ0n) is 11.6. The Morgan fingerprint density at radius 1 is 1.36 bits per heavy atom. The number of nitrogens with zero attached hydrogens (tertiary/aromatic N) is 2. The molecule has 0 aliphatic rings. The van der Waals surface area contributed by atoms with Gasteiger partial charge < -0.3 is 16.0 Å². The van der Waals surface area contributed by atoms with Crippen LogP contribution in [0.5, 0.6) is 0 Å². The lowest BCUT2D eigenvalue weighted by molar-refractivity contribution is -0.116. The molecule has 114 valence electrons. The number of fused-ring (bicyclic) bond motifs is 1. The van der Waals surface area contributed by atoms with E-state index in [0.29, 0.717) is 19.4 Å². The van der Waals surface area contributed by atoms with Gasteiger partial charge >= 0.3 is 0 Å². The van der Waals surface area contributed by atoms with Crippen LogP contribution < -0.4 is 11.1 Å². The minimum absolute atomic E-state index is 0.0479. The van der Waals surface area contributed by atoms with Crippen LogP contribution in [-0.2, 0) is 17.8 Å². The lowest BCUT2D eigenvalue weighted by Crippen LogP contribution is -2.11. The molecule has 0 unspecified atom stereocenters. The van der Waals surface area contributed by atoms with Crippen molar-refractivity contribution in [2.45, 2.75) is 19.4 Å². The van der Waals surface area contributed by atoms with E-state index in [4.69, 9.17) is 5.73 Å². The third kappa shape index (κ3) is 3.34. The Balaban J connectivity index is 1.63. The summed E-state index contributed by atoms with van der Waals surface area (Å²) in [7, 11) is 0. The number of nitrogens with one attached hydrogen (secondary N) is 2. The highest BCUT2D eigenvalue weighted by Crippen LogP contribution is 2.26. The number of carbonyl (C=O) groups excluding carboxylic acids is 1. The van der Waals surface area contributed by atoms with Crippen LogP contribution in [0.2, 0.25) is 0 Å². The summed E-state index contributed by atoms with van der Waals surface area (Å²) in [5.74, 6) is -0.0479. The number of carbonyl (C=O) groups is 1. The van der Waals surface area contributed by atoms with Gasteiger partial charge in [0.15, 0.2) is 0 Å². The third-order valence-electron chi connectivity index (χ3n) is 3.17. The van der Waals surface area contributed by atoms with E-state index < -0.39 is 0 Å². The van der Waals surface area contributed by atoms with Gasteiger partial charge in [0, 0.05) is 41.0 Å². The van der Waals surface area contributed by atoms with Crippen LogP contribution in [0.4, 0.5) is 5.69 Å². The number of aromatic nitrogens is 3. The lowest BCUT2D eigenvalue weighted by atomic mass is 10.2. The Kier molecular flexibility index (Phi) is 4.51. The van der Waals surface area contributed by atoms with Gasteiger partial charge in [-0.1, -0.05) is 15.9 Å². The van der Waals surface area contributed by atoms with Gasteiger partial charge in [-0.05, 0) is 18.2 Å². The van der Waals surface area contributed by atoms with Gasteiger partial charge in [-0.15, -0.1) is 21.5 Å². The number of nitrogens with two attached hydrogens (primary N) is 1. The maximum atomic E-state index is 12.1. The van der Waals surface area contributed by atoms with Crippen LogP contribution in [0.1, 0.15) is 16.4 Å². The van der Waals surface area contributed by atoms with Crippen LogP contribution in [0, 0.1) is 0 Å². The van der Waals surface area contributed by atoms with E-state index >= 15 is 0 Å². The molecule has 0 fully saturated rings. The second kappa shape index (κ2) is 6.55. The molecule has 2 aromatic heterocycles. The smallest absolute Gasteiger partial charge is 0.224 e. The van der Waals surface area contributed by atoms with Gasteiger partial charge in [-0.3, -0.25) is 4.79 Å². The van der Waals surface area contributed by atoms with E-state index in [2.05, 4.69) is 36.4 Å². The average Bonchev–Trinajstić information content (AvgIpc) is 3.12. The van der Waals surface area contributed by atoms with Gasteiger partial charge in [-0.25, -0.2) is 0 Å². The van der Waals surface area contributed by atoms with Crippen molar-refractivity contribution in [2.75, 3.05) is 5.32 Å². The molecule has 0 saturated heterocycles. The van der Waals surface area contributed by atoms with Crippen molar-refractivity contribution in [1.29, 1.82) is 0 Å². The summed E-state index contributed by atoms with van der Waals surface area (Å²) in [5.41, 5.74) is 7.25. The number of anilines is 1. The monoisotopic (exact) mass is 379 g/mol. The van der Waals surface area contributed by atoms with Crippen LogP contribution in [-0.4, -0.2) is 21.1 Å². The Bertz CT molecular complexity index is 813. The molecule has 0 spiro atoms. The minimum atomic E-state index is -0.0479. The second-order valence-corrected chi connectivity index (χ2v) is 6.80. The first-order valence-electron chi connectivity index (χ1n) is 6.73. The normalized spacial score (nSPS) is 11.0. The summed E-state index contributed by atoms with van der Waals surface area (Å²) in [6.07, 6.45) is 2.73. The highest BCUT2D eigenvalue weighted by molar-refractivity contribution is 9.10. The van der Waals surface area contributed by atoms with E-state index in [-0.39, 0.29) is 5.91 Å². The van der Waals surface area contributed by atoms with Crippen LogP contribution in [0.25, 0.3) is 10.9 Å². The van der Waals surface area contributed by atoms with Crippen molar-refractivity contribution in [2.24, 2.45) is 5.73 Å². The Morgan fingerprint density at radius 3 is 2.95 bits per heavy atom. The minimum Gasteiger partial charge on any atom is -0.359 e. The van der Waals surface area contributed by atoms with Crippen LogP contribution >= 0.6 is 27.3 Å². The molecule has 1 amide bonds. The van der Waals surface area contributed by atoms with Crippen molar-refractivity contribution in [3.8, 4) is 0 Å². The SMILES string of the molecule is NCc1nnc(CCC(=O)Nc2c[nH]c3cc(Br)ccc23)s1. The van der Waals surface area contributed by atoms with Gasteiger partial charge in [0.1, 0.15) is 10.0 Å². The summed E-state index contributed by atoms with van der Waals surface area (Å²) < 4.78 is 0.992. The number of aryl methyl sites for hydroxylation is 1. The average molecular weight is 380 g/mol. The number of rotatable bonds is 5. The molecule has 3 aromatic rings. The van der Waals surface area contributed by atoms with Gasteiger partial charge in [-0.2, -0.15) is 0 Å². The van der Waals surface area contributed by atoms with E-state index in [1.165, 1.54) is 11.3 Å². The molecule has 8 heteroatoms. The zero-order chi connectivity index (χ0) is 15.5. The van der Waals surface area contributed by atoms with E-state index in [0.717, 1.165) is 31.1 Å². The number of H-pyrrole nitrogens is 1. The number of benzene rings is 1. The molecule has 0 radical (unpaired) electrons. The summed E-state index contributed by atoms with van der Waals surface area (Å²) in [6, 6.07) is 5.88. The van der Waals surface area contributed by atoms with Crippen LogP contribution in [0.15, 0.2) is 28.9 Å². The summed E-state index contributed by atoms with van der Waals surface area (Å²) in [4.78, 5) is 15.2. The standard InChI is InChI=1S/C14H14BrN5OS/c15-8-1-2-9-10(5-8)17-7-11(9)18-12(21)3-4-13-19-20-14(6-16)22-13/h1-2,5,7,17H,3-4,6,16H2,(H,18,21). The summed E-state index contributed by atoms with van der Waals surface area (Å²) in [6.45, 7) is 0.384. The largest absolute Gasteiger partial charge is 0.359 e. The van der Waals surface area contributed by atoms with E-state index in [9.17, 15) is 4.79 Å². The van der Waals surface area contributed by atoms with Crippen molar-refractivity contribution < 1.29 is 4.79 Å². The maximum absolute atomic E-state index is 12.1. The molecule has 6 nitrogen and oxygen atoms in total. The first-order chi connectivity index (χ1) is 10.7. The molecule has 0 bridgehead atoms. The molecule has 22 heavy (non-hydrogen) atoms. The molecule has 0 atom stereocenters. The predicted molar refractivity (Wildman–Crippen MR) is 90.7 cm³/mol. The maximum Gasteiger partial charge on any atom is 0.224 e. The fourth-order valence-electron chi connectivity index (χ4n) is 2.11. The molecular formula is C14H14BrN5OS. The Hall–Kier alpha value is -1.77. The molecule has 3 rings (SSSR count). The van der Waals surface area contributed by atoms with Crippen molar-refractivity contribution in [3.05, 3.63) is 38.9 Å². The number of aromatic amines is 1. The predicted octanol–water partition coefficient (Wildman–Crippen LogP) is 2.81. The second-order valence-electron chi connectivity index (χ2n) is 4.73. The number of halogens is 1. The molecule has 1 aromatic carbocycles. The van der Waals surface area contributed by atoms with E-state index in [1.54, 1.807) is 6.20 Å². The highest BCUT2D eigenvalue weighted by Gasteiger charge is 2.10. The summed E-state index contributed by atoms with van der Waals surface area (Å²) in [5, 5.41) is 13.5. The molecule has 0 aliphatic heterocycles. The van der Waals surface area contributed by atoms with Gasteiger partial charge in [0.05, 0.1) is 5.69 Å². The molecular weight excluding hydrogens is 366 g/mol. The highest BCUT2D eigenvalue weighted by atomic mass is 79.9. The molecule has 0 aliphatic carbocycles. The number of hydrogen-bond acceptors (Lipinski definition) is 5. The Labute approximate surface area is 139 Å². The fraction of sp³-hybridized carbons (Fsp3) is 0.214. The summed E-state index contributed by atoms with van der Waals surface area (Å²) >= 11 is 4.87.